The SMILES string of the molecule is CC(=O)Nc1ccc(NC(=O)C(=O)Nc2cc(C)ccc2N)cc1. The zero-order valence-corrected chi connectivity index (χ0v) is 13.3. The van der Waals surface area contributed by atoms with Gasteiger partial charge in [0.05, 0.1) is 11.4 Å². The van der Waals surface area contributed by atoms with Crippen LogP contribution >= 0.6 is 0 Å². The van der Waals surface area contributed by atoms with E-state index >= 15 is 0 Å². The quantitative estimate of drug-likeness (QED) is 0.511. The summed E-state index contributed by atoms with van der Waals surface area (Å²) in [5.74, 6) is -1.83. The average Bonchev–Trinajstić information content (AvgIpc) is 2.52. The van der Waals surface area contributed by atoms with E-state index in [1.807, 2.05) is 13.0 Å². The summed E-state index contributed by atoms with van der Waals surface area (Å²) in [5, 5.41) is 7.56. The second kappa shape index (κ2) is 7.28. The van der Waals surface area contributed by atoms with E-state index < -0.39 is 11.8 Å². The van der Waals surface area contributed by atoms with Gasteiger partial charge in [-0.25, -0.2) is 0 Å². The van der Waals surface area contributed by atoms with Crippen LogP contribution in [0.2, 0.25) is 0 Å². The number of carbonyl (C=O) groups is 3. The minimum absolute atomic E-state index is 0.193. The highest BCUT2D eigenvalue weighted by Crippen LogP contribution is 2.19. The van der Waals surface area contributed by atoms with Crippen molar-refractivity contribution in [2.45, 2.75) is 13.8 Å². The van der Waals surface area contributed by atoms with E-state index in [0.29, 0.717) is 22.7 Å². The van der Waals surface area contributed by atoms with Gasteiger partial charge in [0.25, 0.3) is 0 Å². The summed E-state index contributed by atoms with van der Waals surface area (Å²) >= 11 is 0. The first kappa shape index (κ1) is 17.0. The van der Waals surface area contributed by atoms with Gasteiger partial charge in [-0.05, 0) is 48.9 Å². The molecule has 24 heavy (non-hydrogen) atoms. The van der Waals surface area contributed by atoms with Crippen LogP contribution in [0.25, 0.3) is 0 Å². The molecule has 5 N–H and O–H groups in total. The van der Waals surface area contributed by atoms with E-state index in [0.717, 1.165) is 5.56 Å². The highest BCUT2D eigenvalue weighted by Gasteiger charge is 2.15. The van der Waals surface area contributed by atoms with Gasteiger partial charge >= 0.3 is 11.8 Å². The summed E-state index contributed by atoms with van der Waals surface area (Å²) in [4.78, 5) is 34.8. The fraction of sp³-hybridized carbons (Fsp3) is 0.118. The van der Waals surface area contributed by atoms with Crippen molar-refractivity contribution in [2.75, 3.05) is 21.7 Å². The van der Waals surface area contributed by atoms with Crippen molar-refractivity contribution in [3.8, 4) is 0 Å². The summed E-state index contributed by atoms with van der Waals surface area (Å²) < 4.78 is 0. The summed E-state index contributed by atoms with van der Waals surface area (Å²) in [6.45, 7) is 3.25. The van der Waals surface area contributed by atoms with Gasteiger partial charge in [0, 0.05) is 18.3 Å². The van der Waals surface area contributed by atoms with Gasteiger partial charge in [0.15, 0.2) is 0 Å². The van der Waals surface area contributed by atoms with Crippen LogP contribution in [0, 0.1) is 6.92 Å². The van der Waals surface area contributed by atoms with E-state index in [4.69, 9.17) is 5.73 Å². The van der Waals surface area contributed by atoms with Crippen LogP contribution in [-0.2, 0) is 14.4 Å². The Bertz CT molecular complexity index is 785. The van der Waals surface area contributed by atoms with Gasteiger partial charge in [0.2, 0.25) is 5.91 Å². The molecule has 0 saturated carbocycles. The number of benzene rings is 2. The number of carbonyl (C=O) groups excluding carboxylic acids is 3. The highest BCUT2D eigenvalue weighted by molar-refractivity contribution is 6.43. The molecule has 0 fully saturated rings. The van der Waals surface area contributed by atoms with Crippen LogP contribution in [0.15, 0.2) is 42.5 Å². The van der Waals surface area contributed by atoms with E-state index in [-0.39, 0.29) is 5.91 Å². The van der Waals surface area contributed by atoms with Gasteiger partial charge in [-0.2, -0.15) is 0 Å². The number of hydrogen-bond donors (Lipinski definition) is 4. The van der Waals surface area contributed by atoms with Crippen LogP contribution in [0.1, 0.15) is 12.5 Å². The van der Waals surface area contributed by atoms with Gasteiger partial charge in [0.1, 0.15) is 0 Å². The molecule has 0 bridgehead atoms. The molecule has 0 aliphatic carbocycles. The van der Waals surface area contributed by atoms with Crippen LogP contribution < -0.4 is 21.7 Å². The van der Waals surface area contributed by atoms with Crippen molar-refractivity contribution in [2.24, 2.45) is 0 Å². The summed E-state index contributed by atoms with van der Waals surface area (Å²) in [5.41, 5.74) is 8.46. The molecule has 2 aromatic rings. The monoisotopic (exact) mass is 326 g/mol. The zero-order chi connectivity index (χ0) is 17.7. The molecule has 7 nitrogen and oxygen atoms in total. The van der Waals surface area contributed by atoms with E-state index in [9.17, 15) is 14.4 Å². The van der Waals surface area contributed by atoms with Crippen molar-refractivity contribution in [3.05, 3.63) is 48.0 Å². The number of amides is 3. The standard InChI is InChI=1S/C17H18N4O3/c1-10-3-8-14(18)15(9-10)21-17(24)16(23)20-13-6-4-12(5-7-13)19-11(2)22/h3-9H,18H2,1-2H3,(H,19,22)(H,20,23)(H,21,24). The number of nitrogen functional groups attached to an aromatic ring is 1. The Morgan fingerprint density at radius 2 is 1.38 bits per heavy atom. The Balaban J connectivity index is 1.99. The predicted molar refractivity (Wildman–Crippen MR) is 93.6 cm³/mol. The first-order chi connectivity index (χ1) is 11.3. The molecule has 2 aromatic carbocycles. The van der Waals surface area contributed by atoms with Gasteiger partial charge < -0.3 is 21.7 Å². The summed E-state index contributed by atoms with van der Waals surface area (Å²) in [7, 11) is 0. The average molecular weight is 326 g/mol. The lowest BCUT2D eigenvalue weighted by Crippen LogP contribution is -2.29. The molecule has 0 aromatic heterocycles. The maximum absolute atomic E-state index is 12.0. The number of rotatable bonds is 3. The fourth-order valence-corrected chi connectivity index (χ4v) is 1.99. The Morgan fingerprint density at radius 3 is 1.96 bits per heavy atom. The number of nitrogens with one attached hydrogen (secondary N) is 3. The third-order valence-corrected chi connectivity index (χ3v) is 3.13. The normalized spacial score (nSPS) is 9.92. The Kier molecular flexibility index (Phi) is 5.16. The van der Waals surface area contributed by atoms with Crippen LogP contribution in [0.4, 0.5) is 22.7 Å². The number of anilines is 4. The molecule has 0 unspecified atom stereocenters. The molecule has 0 radical (unpaired) electrons. The lowest BCUT2D eigenvalue weighted by molar-refractivity contribution is -0.132. The molecule has 0 saturated heterocycles. The Morgan fingerprint density at radius 1 is 0.833 bits per heavy atom. The van der Waals surface area contributed by atoms with Crippen LogP contribution in [0.5, 0.6) is 0 Å². The number of aryl methyl sites for hydroxylation is 1. The number of hydrogen-bond acceptors (Lipinski definition) is 4. The van der Waals surface area contributed by atoms with E-state index in [1.165, 1.54) is 6.92 Å². The molecule has 0 spiro atoms. The first-order valence-corrected chi connectivity index (χ1v) is 7.21. The first-order valence-electron chi connectivity index (χ1n) is 7.21. The lowest BCUT2D eigenvalue weighted by atomic mass is 10.2. The molecule has 0 heterocycles. The van der Waals surface area contributed by atoms with Crippen molar-refractivity contribution < 1.29 is 14.4 Å². The summed E-state index contributed by atoms with van der Waals surface area (Å²) in [6.07, 6.45) is 0. The summed E-state index contributed by atoms with van der Waals surface area (Å²) in [6, 6.07) is 11.5. The number of nitrogens with two attached hydrogens (primary N) is 1. The smallest absolute Gasteiger partial charge is 0.314 e. The van der Waals surface area contributed by atoms with E-state index in [1.54, 1.807) is 36.4 Å². The van der Waals surface area contributed by atoms with E-state index in [2.05, 4.69) is 16.0 Å². The van der Waals surface area contributed by atoms with Crippen LogP contribution in [-0.4, -0.2) is 17.7 Å². The molecular weight excluding hydrogens is 308 g/mol. The molecule has 0 aliphatic heterocycles. The molecule has 7 heteroatoms. The molecule has 0 atom stereocenters. The molecule has 2 rings (SSSR count). The highest BCUT2D eigenvalue weighted by atomic mass is 16.2. The van der Waals surface area contributed by atoms with Crippen molar-refractivity contribution in [1.29, 1.82) is 0 Å². The minimum Gasteiger partial charge on any atom is -0.397 e. The molecule has 3 amide bonds. The predicted octanol–water partition coefficient (Wildman–Crippen LogP) is 2.11. The molecule has 0 aliphatic rings. The van der Waals surface area contributed by atoms with Gasteiger partial charge in [-0.3, -0.25) is 14.4 Å². The Labute approximate surface area is 139 Å². The van der Waals surface area contributed by atoms with Crippen molar-refractivity contribution >= 4 is 40.5 Å². The fourth-order valence-electron chi connectivity index (χ4n) is 1.99. The van der Waals surface area contributed by atoms with Crippen molar-refractivity contribution in [3.63, 3.8) is 0 Å². The lowest BCUT2D eigenvalue weighted by Gasteiger charge is -2.10. The molecule has 124 valence electrons. The van der Waals surface area contributed by atoms with Gasteiger partial charge in [-0.1, -0.05) is 6.07 Å². The minimum atomic E-state index is -0.821. The van der Waals surface area contributed by atoms with Gasteiger partial charge in [-0.15, -0.1) is 0 Å². The molecular formula is C17H18N4O3. The third-order valence-electron chi connectivity index (χ3n) is 3.13. The third kappa shape index (κ3) is 4.57. The second-order valence-corrected chi connectivity index (χ2v) is 5.26. The zero-order valence-electron chi connectivity index (χ0n) is 13.3. The second-order valence-electron chi connectivity index (χ2n) is 5.26. The Hall–Kier alpha value is -3.35. The van der Waals surface area contributed by atoms with Crippen LogP contribution in [0.3, 0.4) is 0 Å². The largest absolute Gasteiger partial charge is 0.397 e. The topological polar surface area (TPSA) is 113 Å². The van der Waals surface area contributed by atoms with Crippen molar-refractivity contribution in [1.82, 2.24) is 0 Å². The maximum Gasteiger partial charge on any atom is 0.314 e. The maximum atomic E-state index is 12.0.